The van der Waals surface area contributed by atoms with Gasteiger partial charge in [0.25, 0.3) is 0 Å². The molecule has 1 unspecified atom stereocenters. The highest BCUT2D eigenvalue weighted by Gasteiger charge is 2.14. The number of rotatable bonds is 2. The van der Waals surface area contributed by atoms with Crippen molar-refractivity contribution in [2.75, 3.05) is 13.1 Å². The summed E-state index contributed by atoms with van der Waals surface area (Å²) >= 11 is 1.93. The molecule has 1 aliphatic heterocycles. The molecule has 1 N–H and O–H groups in total. The van der Waals surface area contributed by atoms with Crippen molar-refractivity contribution >= 4 is 11.8 Å². The fourth-order valence-electron chi connectivity index (χ4n) is 1.34. The van der Waals surface area contributed by atoms with E-state index < -0.39 is 0 Å². The smallest absolute Gasteiger partial charge is 0.0403 e. The first-order chi connectivity index (χ1) is 5.95. The first kappa shape index (κ1) is 8.08. The van der Waals surface area contributed by atoms with Crippen LogP contribution in [0.4, 0.5) is 0 Å². The van der Waals surface area contributed by atoms with Crippen molar-refractivity contribution < 1.29 is 0 Å². The van der Waals surface area contributed by atoms with E-state index in [1.165, 1.54) is 11.3 Å². The second-order valence-electron chi connectivity index (χ2n) is 2.92. The van der Waals surface area contributed by atoms with Gasteiger partial charge in [-0.2, -0.15) is 0 Å². The Morgan fingerprint density at radius 2 is 2.58 bits per heavy atom. The van der Waals surface area contributed by atoms with Gasteiger partial charge in [0, 0.05) is 29.1 Å². The van der Waals surface area contributed by atoms with Crippen LogP contribution < -0.4 is 5.32 Å². The second kappa shape index (κ2) is 3.92. The fraction of sp³-hybridized carbons (Fsp3) is 0.444. The Labute approximate surface area is 76.8 Å². The van der Waals surface area contributed by atoms with Gasteiger partial charge in [0.05, 0.1) is 0 Å². The quantitative estimate of drug-likeness (QED) is 0.747. The molecule has 2 rings (SSSR count). The standard InChI is InChI=1S/C9H12N2S/c1-2-8(6-10-4-1)12-9-3-5-11-7-9/h1-2,4,6,9,11H,3,5,7H2. The maximum Gasteiger partial charge on any atom is 0.0403 e. The summed E-state index contributed by atoms with van der Waals surface area (Å²) in [7, 11) is 0. The summed E-state index contributed by atoms with van der Waals surface area (Å²) in [6.45, 7) is 2.30. The van der Waals surface area contributed by atoms with Gasteiger partial charge in [-0.3, -0.25) is 4.98 Å². The lowest BCUT2D eigenvalue weighted by Crippen LogP contribution is -2.09. The molecule has 2 heterocycles. The molecule has 0 saturated carbocycles. The summed E-state index contributed by atoms with van der Waals surface area (Å²) in [6, 6.07) is 4.11. The van der Waals surface area contributed by atoms with E-state index >= 15 is 0 Å². The SMILES string of the molecule is c1cncc(SC2CCNC2)c1. The summed E-state index contributed by atoms with van der Waals surface area (Å²) < 4.78 is 0. The van der Waals surface area contributed by atoms with Crippen molar-refractivity contribution in [2.24, 2.45) is 0 Å². The average molecular weight is 180 g/mol. The lowest BCUT2D eigenvalue weighted by molar-refractivity contribution is 0.858. The summed E-state index contributed by atoms with van der Waals surface area (Å²) in [6.07, 6.45) is 5.03. The molecule has 3 heteroatoms. The topological polar surface area (TPSA) is 24.9 Å². The van der Waals surface area contributed by atoms with Gasteiger partial charge in [0.2, 0.25) is 0 Å². The van der Waals surface area contributed by atoms with Gasteiger partial charge in [-0.15, -0.1) is 11.8 Å². The number of aromatic nitrogens is 1. The largest absolute Gasteiger partial charge is 0.316 e. The van der Waals surface area contributed by atoms with Crippen LogP contribution in [0.3, 0.4) is 0 Å². The highest BCUT2D eigenvalue weighted by molar-refractivity contribution is 8.00. The number of nitrogens with one attached hydrogen (secondary N) is 1. The fourth-order valence-corrected chi connectivity index (χ4v) is 2.44. The minimum Gasteiger partial charge on any atom is -0.316 e. The van der Waals surface area contributed by atoms with E-state index in [1.54, 1.807) is 0 Å². The van der Waals surface area contributed by atoms with Crippen LogP contribution in [0.1, 0.15) is 6.42 Å². The van der Waals surface area contributed by atoms with E-state index in [4.69, 9.17) is 0 Å². The zero-order chi connectivity index (χ0) is 8.23. The van der Waals surface area contributed by atoms with Gasteiger partial charge < -0.3 is 5.32 Å². The average Bonchev–Trinajstić information content (AvgIpc) is 2.59. The predicted octanol–water partition coefficient (Wildman–Crippen LogP) is 1.54. The molecule has 64 valence electrons. The molecule has 0 spiro atoms. The van der Waals surface area contributed by atoms with E-state index in [-0.39, 0.29) is 0 Å². The molecule has 0 aromatic carbocycles. The number of hydrogen-bond donors (Lipinski definition) is 1. The molecule has 0 bridgehead atoms. The van der Waals surface area contributed by atoms with Crippen molar-refractivity contribution in [1.29, 1.82) is 0 Å². The maximum absolute atomic E-state index is 4.09. The Morgan fingerprint density at radius 1 is 1.58 bits per heavy atom. The first-order valence-electron chi connectivity index (χ1n) is 4.22. The Morgan fingerprint density at radius 3 is 3.25 bits per heavy atom. The number of hydrogen-bond acceptors (Lipinski definition) is 3. The Bertz CT molecular complexity index is 232. The van der Waals surface area contributed by atoms with Gasteiger partial charge >= 0.3 is 0 Å². The summed E-state index contributed by atoms with van der Waals surface area (Å²) in [5.41, 5.74) is 0. The number of nitrogens with zero attached hydrogens (tertiary/aromatic N) is 1. The van der Waals surface area contributed by atoms with Crippen LogP contribution in [0.2, 0.25) is 0 Å². The number of pyridine rings is 1. The van der Waals surface area contributed by atoms with E-state index in [0.29, 0.717) is 0 Å². The molecule has 1 atom stereocenters. The molecule has 1 fully saturated rings. The zero-order valence-corrected chi connectivity index (χ0v) is 7.68. The van der Waals surface area contributed by atoms with Crippen LogP contribution in [0.5, 0.6) is 0 Å². The molecule has 2 nitrogen and oxygen atoms in total. The van der Waals surface area contributed by atoms with E-state index in [9.17, 15) is 0 Å². The second-order valence-corrected chi connectivity index (χ2v) is 4.30. The monoisotopic (exact) mass is 180 g/mol. The lowest BCUT2D eigenvalue weighted by atomic mass is 10.4. The minimum absolute atomic E-state index is 0.745. The first-order valence-corrected chi connectivity index (χ1v) is 5.10. The van der Waals surface area contributed by atoms with Crippen LogP contribution in [0.25, 0.3) is 0 Å². The summed E-state index contributed by atoms with van der Waals surface area (Å²) in [5.74, 6) is 0. The van der Waals surface area contributed by atoms with E-state index in [1.807, 2.05) is 30.2 Å². The number of thioether (sulfide) groups is 1. The third-order valence-corrected chi connectivity index (χ3v) is 3.20. The van der Waals surface area contributed by atoms with Gasteiger partial charge in [-0.1, -0.05) is 0 Å². The van der Waals surface area contributed by atoms with Crippen LogP contribution in [0, 0.1) is 0 Å². The van der Waals surface area contributed by atoms with Gasteiger partial charge in [0.15, 0.2) is 0 Å². The lowest BCUT2D eigenvalue weighted by Gasteiger charge is -2.06. The summed E-state index contributed by atoms with van der Waals surface area (Å²) in [4.78, 5) is 5.37. The van der Waals surface area contributed by atoms with Crippen LogP contribution in [-0.4, -0.2) is 23.3 Å². The predicted molar refractivity (Wildman–Crippen MR) is 51.4 cm³/mol. The minimum atomic E-state index is 0.745. The zero-order valence-electron chi connectivity index (χ0n) is 6.86. The van der Waals surface area contributed by atoms with Crippen LogP contribution in [0.15, 0.2) is 29.4 Å². The molecular weight excluding hydrogens is 168 g/mol. The molecule has 12 heavy (non-hydrogen) atoms. The summed E-state index contributed by atoms with van der Waals surface area (Å²) in [5, 5.41) is 4.10. The van der Waals surface area contributed by atoms with Crippen molar-refractivity contribution in [3.8, 4) is 0 Å². The third kappa shape index (κ3) is 1.99. The van der Waals surface area contributed by atoms with Crippen molar-refractivity contribution in [3.05, 3.63) is 24.5 Å². The normalized spacial score (nSPS) is 22.8. The van der Waals surface area contributed by atoms with E-state index in [2.05, 4.69) is 16.4 Å². The molecule has 0 amide bonds. The van der Waals surface area contributed by atoms with Gasteiger partial charge in [-0.05, 0) is 25.1 Å². The molecule has 0 radical (unpaired) electrons. The molecule has 0 aliphatic carbocycles. The molecular formula is C9H12N2S. The molecule has 1 aliphatic rings. The highest BCUT2D eigenvalue weighted by atomic mass is 32.2. The van der Waals surface area contributed by atoms with Crippen molar-refractivity contribution in [1.82, 2.24) is 10.3 Å². The highest BCUT2D eigenvalue weighted by Crippen LogP contribution is 2.25. The molecule has 1 aromatic rings. The van der Waals surface area contributed by atoms with Crippen LogP contribution >= 0.6 is 11.8 Å². The van der Waals surface area contributed by atoms with Crippen molar-refractivity contribution in [2.45, 2.75) is 16.6 Å². The Kier molecular flexibility index (Phi) is 2.64. The molecule has 1 aromatic heterocycles. The third-order valence-electron chi connectivity index (χ3n) is 1.95. The van der Waals surface area contributed by atoms with Crippen molar-refractivity contribution in [3.63, 3.8) is 0 Å². The molecule has 1 saturated heterocycles. The van der Waals surface area contributed by atoms with Gasteiger partial charge in [0.1, 0.15) is 0 Å². The van der Waals surface area contributed by atoms with Gasteiger partial charge in [-0.25, -0.2) is 0 Å². The van der Waals surface area contributed by atoms with E-state index in [0.717, 1.165) is 18.3 Å². The Balaban J connectivity index is 1.94. The maximum atomic E-state index is 4.09. The Hall–Kier alpha value is -0.540. The van der Waals surface area contributed by atoms with Crippen LogP contribution in [-0.2, 0) is 0 Å².